The minimum atomic E-state index is 0.745. The van der Waals surface area contributed by atoms with Gasteiger partial charge in [-0.15, -0.1) is 0 Å². The first kappa shape index (κ1) is 16.6. The van der Waals surface area contributed by atoms with Crippen molar-refractivity contribution in [2.45, 2.75) is 20.8 Å². The fraction of sp³-hybridized carbons (Fsp3) is 0.211. The zero-order valence-corrected chi connectivity index (χ0v) is 13.9. The van der Waals surface area contributed by atoms with E-state index in [2.05, 4.69) is 15.0 Å². The molecule has 0 spiro atoms. The van der Waals surface area contributed by atoms with Gasteiger partial charge < -0.3 is 4.74 Å². The van der Waals surface area contributed by atoms with Crippen LogP contribution in [0, 0.1) is 6.92 Å². The molecule has 0 aliphatic rings. The van der Waals surface area contributed by atoms with Gasteiger partial charge in [-0.25, -0.2) is 9.97 Å². The van der Waals surface area contributed by atoms with Crippen LogP contribution in [-0.2, 0) is 0 Å². The second-order valence-corrected chi connectivity index (χ2v) is 4.65. The smallest absolute Gasteiger partial charge is 0.126 e. The molecule has 0 bridgehead atoms. The van der Waals surface area contributed by atoms with Crippen molar-refractivity contribution in [1.29, 1.82) is 0 Å². The third kappa shape index (κ3) is 4.13. The fourth-order valence-corrected chi connectivity index (χ4v) is 2.15. The third-order valence-electron chi connectivity index (χ3n) is 3.20. The average molecular weight is 307 g/mol. The van der Waals surface area contributed by atoms with Gasteiger partial charge in [-0.1, -0.05) is 13.8 Å². The molecular formula is C19H21N3O. The summed E-state index contributed by atoms with van der Waals surface area (Å²) in [5.74, 6) is 1.58. The standard InChI is InChI=1S/C17H15N3O.C2H6/c1-12-19-16(13-3-5-15(21-2)6-4-13)11-17(20-12)14-7-9-18-10-8-14;1-2/h3-11H,1-2H3;1-2H3. The Hall–Kier alpha value is -2.75. The van der Waals surface area contributed by atoms with E-state index in [-0.39, 0.29) is 0 Å². The molecular weight excluding hydrogens is 286 g/mol. The van der Waals surface area contributed by atoms with Gasteiger partial charge in [-0.2, -0.15) is 0 Å². The number of aryl methyl sites for hydroxylation is 1. The largest absolute Gasteiger partial charge is 0.497 e. The number of ether oxygens (including phenoxy) is 1. The van der Waals surface area contributed by atoms with E-state index in [1.807, 2.05) is 63.2 Å². The van der Waals surface area contributed by atoms with Crippen molar-refractivity contribution in [3.05, 3.63) is 60.7 Å². The summed E-state index contributed by atoms with van der Waals surface area (Å²) < 4.78 is 5.18. The quantitative estimate of drug-likeness (QED) is 0.712. The fourth-order valence-electron chi connectivity index (χ4n) is 2.15. The number of nitrogens with zero attached hydrogens (tertiary/aromatic N) is 3. The summed E-state index contributed by atoms with van der Waals surface area (Å²) in [5, 5.41) is 0. The van der Waals surface area contributed by atoms with Gasteiger partial charge >= 0.3 is 0 Å². The topological polar surface area (TPSA) is 47.9 Å². The van der Waals surface area contributed by atoms with Crippen LogP contribution in [0.25, 0.3) is 22.5 Å². The Bertz CT molecular complexity index is 740. The van der Waals surface area contributed by atoms with Crippen LogP contribution in [0.15, 0.2) is 54.9 Å². The number of hydrogen-bond acceptors (Lipinski definition) is 4. The molecule has 3 aromatic rings. The van der Waals surface area contributed by atoms with E-state index in [1.165, 1.54) is 0 Å². The highest BCUT2D eigenvalue weighted by molar-refractivity contribution is 5.67. The summed E-state index contributed by atoms with van der Waals surface area (Å²) in [6, 6.07) is 13.7. The van der Waals surface area contributed by atoms with Crippen molar-refractivity contribution in [3.63, 3.8) is 0 Å². The van der Waals surface area contributed by atoms with Crippen LogP contribution in [0.2, 0.25) is 0 Å². The Morgan fingerprint density at radius 1 is 0.783 bits per heavy atom. The molecule has 4 nitrogen and oxygen atoms in total. The van der Waals surface area contributed by atoms with Crippen molar-refractivity contribution < 1.29 is 4.74 Å². The van der Waals surface area contributed by atoms with Crippen LogP contribution in [0.1, 0.15) is 19.7 Å². The number of methoxy groups -OCH3 is 1. The van der Waals surface area contributed by atoms with Gasteiger partial charge in [-0.3, -0.25) is 4.98 Å². The molecule has 4 heteroatoms. The Kier molecular flexibility index (Phi) is 5.80. The molecule has 0 amide bonds. The lowest BCUT2D eigenvalue weighted by molar-refractivity contribution is 0.415. The Morgan fingerprint density at radius 3 is 1.83 bits per heavy atom. The van der Waals surface area contributed by atoms with Crippen molar-refractivity contribution in [3.8, 4) is 28.3 Å². The predicted molar refractivity (Wildman–Crippen MR) is 93.3 cm³/mol. The summed E-state index contributed by atoms with van der Waals surface area (Å²) in [4.78, 5) is 13.1. The Labute approximate surface area is 137 Å². The second kappa shape index (κ2) is 8.03. The van der Waals surface area contributed by atoms with Gasteiger partial charge in [0.2, 0.25) is 0 Å². The number of pyridine rings is 1. The van der Waals surface area contributed by atoms with Crippen LogP contribution in [0.4, 0.5) is 0 Å². The van der Waals surface area contributed by atoms with E-state index in [9.17, 15) is 0 Å². The monoisotopic (exact) mass is 307 g/mol. The van der Waals surface area contributed by atoms with Crippen LogP contribution in [0.5, 0.6) is 5.75 Å². The predicted octanol–water partition coefficient (Wildman–Crippen LogP) is 4.55. The number of aromatic nitrogens is 3. The van der Waals surface area contributed by atoms with Gasteiger partial charge in [-0.05, 0) is 49.4 Å². The maximum atomic E-state index is 5.18. The minimum absolute atomic E-state index is 0.745. The van der Waals surface area contributed by atoms with Gasteiger partial charge in [0, 0.05) is 23.5 Å². The SMILES string of the molecule is CC.COc1ccc(-c2cc(-c3ccncc3)nc(C)n2)cc1. The number of benzene rings is 1. The van der Waals surface area contributed by atoms with E-state index >= 15 is 0 Å². The van der Waals surface area contributed by atoms with E-state index in [0.717, 1.165) is 34.1 Å². The lowest BCUT2D eigenvalue weighted by Crippen LogP contribution is -1.94. The molecule has 0 saturated carbocycles. The van der Waals surface area contributed by atoms with Crippen molar-refractivity contribution in [2.24, 2.45) is 0 Å². The summed E-state index contributed by atoms with van der Waals surface area (Å²) in [7, 11) is 1.66. The molecule has 1 aromatic carbocycles. The molecule has 118 valence electrons. The summed E-state index contributed by atoms with van der Waals surface area (Å²) >= 11 is 0. The van der Waals surface area contributed by atoms with Crippen LogP contribution in [0.3, 0.4) is 0 Å². The highest BCUT2D eigenvalue weighted by atomic mass is 16.5. The summed E-state index contributed by atoms with van der Waals surface area (Å²) in [5.41, 5.74) is 3.87. The molecule has 23 heavy (non-hydrogen) atoms. The van der Waals surface area contributed by atoms with E-state index < -0.39 is 0 Å². The van der Waals surface area contributed by atoms with Gasteiger partial charge in [0.1, 0.15) is 11.6 Å². The highest BCUT2D eigenvalue weighted by Crippen LogP contribution is 2.24. The molecule has 2 aromatic heterocycles. The van der Waals surface area contributed by atoms with Crippen LogP contribution < -0.4 is 4.74 Å². The van der Waals surface area contributed by atoms with Crippen molar-refractivity contribution in [1.82, 2.24) is 15.0 Å². The molecule has 0 atom stereocenters. The van der Waals surface area contributed by atoms with Crippen LogP contribution in [-0.4, -0.2) is 22.1 Å². The maximum absolute atomic E-state index is 5.18. The van der Waals surface area contributed by atoms with Gasteiger partial charge in [0.15, 0.2) is 0 Å². The van der Waals surface area contributed by atoms with E-state index in [4.69, 9.17) is 4.74 Å². The Morgan fingerprint density at radius 2 is 1.30 bits per heavy atom. The van der Waals surface area contributed by atoms with Crippen LogP contribution >= 0.6 is 0 Å². The zero-order valence-electron chi connectivity index (χ0n) is 13.9. The Balaban J connectivity index is 0.000000924. The van der Waals surface area contributed by atoms with E-state index in [0.29, 0.717) is 0 Å². The molecule has 0 N–H and O–H groups in total. The van der Waals surface area contributed by atoms with Gasteiger partial charge in [0.05, 0.1) is 18.5 Å². The molecule has 0 aliphatic heterocycles. The summed E-state index contributed by atoms with van der Waals surface area (Å²) in [6.45, 7) is 5.90. The first-order valence-corrected chi connectivity index (χ1v) is 7.67. The first-order valence-electron chi connectivity index (χ1n) is 7.67. The normalized spacial score (nSPS) is 9.74. The molecule has 0 radical (unpaired) electrons. The van der Waals surface area contributed by atoms with Crippen molar-refractivity contribution in [2.75, 3.05) is 7.11 Å². The van der Waals surface area contributed by atoms with E-state index in [1.54, 1.807) is 19.5 Å². The highest BCUT2D eigenvalue weighted by Gasteiger charge is 2.06. The lowest BCUT2D eigenvalue weighted by Gasteiger charge is -2.07. The zero-order chi connectivity index (χ0) is 16.7. The molecule has 0 aliphatic carbocycles. The first-order chi connectivity index (χ1) is 11.3. The average Bonchev–Trinajstić information content (AvgIpc) is 2.64. The number of rotatable bonds is 3. The van der Waals surface area contributed by atoms with Crippen molar-refractivity contribution >= 4 is 0 Å². The van der Waals surface area contributed by atoms with Gasteiger partial charge in [0.25, 0.3) is 0 Å². The molecule has 2 heterocycles. The molecule has 0 fully saturated rings. The maximum Gasteiger partial charge on any atom is 0.126 e. The third-order valence-corrected chi connectivity index (χ3v) is 3.20. The summed E-state index contributed by atoms with van der Waals surface area (Å²) in [6.07, 6.45) is 3.53. The lowest BCUT2D eigenvalue weighted by atomic mass is 10.1. The second-order valence-electron chi connectivity index (χ2n) is 4.65. The molecule has 0 saturated heterocycles. The number of hydrogen-bond donors (Lipinski definition) is 0. The molecule has 3 rings (SSSR count). The minimum Gasteiger partial charge on any atom is -0.497 e. The molecule has 0 unspecified atom stereocenters.